The maximum Gasteiger partial charge on any atom is 0.254 e. The number of anilines is 1. The number of hydrogen-bond acceptors (Lipinski definition) is 6. The third-order valence-corrected chi connectivity index (χ3v) is 4.16. The highest BCUT2D eigenvalue weighted by Crippen LogP contribution is 2.09. The molecule has 0 aliphatic rings. The van der Waals surface area contributed by atoms with Crippen LogP contribution in [0.15, 0.2) is 36.4 Å². The molecule has 0 bridgehead atoms. The van der Waals surface area contributed by atoms with Crippen molar-refractivity contribution < 1.29 is 13.9 Å². The highest BCUT2D eigenvalue weighted by atomic mass is 19.1. The third kappa shape index (κ3) is 5.71. The molecule has 0 fully saturated rings. The number of hydrogen-bond donors (Lipinski definition) is 2. The number of carbonyl (C=O) groups excluding carboxylic acids is 1. The minimum Gasteiger partial charge on any atom is -0.379 e. The van der Waals surface area contributed by atoms with Gasteiger partial charge >= 0.3 is 0 Å². The lowest BCUT2D eigenvalue weighted by Gasteiger charge is -2.09. The zero-order valence-corrected chi connectivity index (χ0v) is 16.6. The summed E-state index contributed by atoms with van der Waals surface area (Å²) in [6.45, 7) is 5.73. The van der Waals surface area contributed by atoms with Crippen LogP contribution in [0.2, 0.25) is 0 Å². The van der Waals surface area contributed by atoms with Crippen LogP contribution in [-0.4, -0.2) is 51.5 Å². The monoisotopic (exact) mass is 400 g/mol. The molecule has 0 unspecified atom stereocenters. The molecule has 8 nitrogen and oxygen atoms in total. The number of fused-ring (bicyclic) bond motifs is 1. The summed E-state index contributed by atoms with van der Waals surface area (Å²) < 4.78 is 20.8. The summed E-state index contributed by atoms with van der Waals surface area (Å²) in [7, 11) is 0. The average Bonchev–Trinajstić information content (AvgIpc) is 3.10. The molecule has 0 saturated carbocycles. The maximum absolute atomic E-state index is 13.7. The summed E-state index contributed by atoms with van der Waals surface area (Å²) >= 11 is 0. The van der Waals surface area contributed by atoms with Gasteiger partial charge in [0.1, 0.15) is 11.6 Å². The first-order valence-corrected chi connectivity index (χ1v) is 9.64. The highest BCUT2D eigenvalue weighted by molar-refractivity contribution is 5.94. The zero-order valence-electron chi connectivity index (χ0n) is 16.6. The second-order valence-electron chi connectivity index (χ2n) is 6.79. The van der Waals surface area contributed by atoms with Crippen LogP contribution in [0.1, 0.15) is 36.5 Å². The van der Waals surface area contributed by atoms with Gasteiger partial charge in [-0.05, 0) is 44.5 Å². The van der Waals surface area contributed by atoms with E-state index in [0.717, 1.165) is 13.0 Å². The van der Waals surface area contributed by atoms with Crippen molar-refractivity contribution in [3.05, 3.63) is 53.6 Å². The molecule has 9 heteroatoms. The lowest BCUT2D eigenvalue weighted by atomic mass is 10.2. The molecule has 2 N–H and O–H groups in total. The normalized spacial score (nSPS) is 11.2. The van der Waals surface area contributed by atoms with Crippen LogP contribution in [0.5, 0.6) is 0 Å². The molecule has 3 aromatic rings. The van der Waals surface area contributed by atoms with Gasteiger partial charge in [0.25, 0.3) is 5.91 Å². The van der Waals surface area contributed by atoms with Crippen molar-refractivity contribution in [2.24, 2.45) is 0 Å². The number of carbonyl (C=O) groups is 1. The summed E-state index contributed by atoms with van der Waals surface area (Å²) in [5.41, 5.74) is 0.638. The molecule has 0 aliphatic heterocycles. The molecule has 2 heterocycles. The van der Waals surface area contributed by atoms with Crippen LogP contribution in [-0.2, 0) is 11.2 Å². The molecular formula is C20H25FN6O2. The molecule has 0 radical (unpaired) electrons. The maximum atomic E-state index is 13.7. The fraction of sp³-hybridized carbons (Fsp3) is 0.400. The van der Waals surface area contributed by atoms with E-state index < -0.39 is 11.7 Å². The van der Waals surface area contributed by atoms with Crippen LogP contribution in [0.3, 0.4) is 0 Å². The van der Waals surface area contributed by atoms with Crippen LogP contribution < -0.4 is 10.6 Å². The van der Waals surface area contributed by atoms with Gasteiger partial charge in [-0.25, -0.2) is 4.39 Å². The van der Waals surface area contributed by atoms with Gasteiger partial charge in [0, 0.05) is 26.1 Å². The SMILES string of the molecule is CC(C)OCCCNc1ccc2nnc(CCNC(=O)c3ccccc3F)n2n1. The van der Waals surface area contributed by atoms with E-state index in [4.69, 9.17) is 4.74 Å². The Morgan fingerprint density at radius 2 is 2.00 bits per heavy atom. The standard InChI is InChI=1S/C20H25FN6O2/c1-14(2)29-13-5-11-22-17-8-9-18-24-25-19(27(18)26-17)10-12-23-20(28)15-6-3-4-7-16(15)21/h3-4,6-9,14H,5,10-13H2,1-2H3,(H,22,26)(H,23,28). The van der Waals surface area contributed by atoms with E-state index in [1.54, 1.807) is 16.6 Å². The van der Waals surface area contributed by atoms with E-state index in [0.29, 0.717) is 36.9 Å². The smallest absolute Gasteiger partial charge is 0.254 e. The van der Waals surface area contributed by atoms with E-state index >= 15 is 0 Å². The number of halogens is 1. The highest BCUT2D eigenvalue weighted by Gasteiger charge is 2.12. The summed E-state index contributed by atoms with van der Waals surface area (Å²) in [6.07, 6.45) is 1.51. The van der Waals surface area contributed by atoms with Gasteiger partial charge in [-0.15, -0.1) is 15.3 Å². The molecule has 2 aromatic heterocycles. The summed E-state index contributed by atoms with van der Waals surface area (Å²) in [4.78, 5) is 12.1. The summed E-state index contributed by atoms with van der Waals surface area (Å²) in [5, 5.41) is 18.7. The van der Waals surface area contributed by atoms with Crippen molar-refractivity contribution in [1.82, 2.24) is 25.1 Å². The first kappa shape index (κ1) is 20.7. The number of nitrogens with one attached hydrogen (secondary N) is 2. The van der Waals surface area contributed by atoms with E-state index in [-0.39, 0.29) is 11.7 Å². The van der Waals surface area contributed by atoms with Crippen molar-refractivity contribution >= 4 is 17.4 Å². The Morgan fingerprint density at radius 3 is 2.79 bits per heavy atom. The average molecular weight is 400 g/mol. The molecule has 0 spiro atoms. The molecule has 3 rings (SSSR count). The Labute approximate surface area is 168 Å². The molecule has 0 saturated heterocycles. The molecule has 154 valence electrons. The summed E-state index contributed by atoms with van der Waals surface area (Å²) in [6, 6.07) is 9.54. The van der Waals surface area contributed by atoms with Crippen molar-refractivity contribution in [2.75, 3.05) is 25.0 Å². The van der Waals surface area contributed by atoms with Gasteiger partial charge in [0.2, 0.25) is 0 Å². The quantitative estimate of drug-likeness (QED) is 0.508. The molecule has 1 aromatic carbocycles. The zero-order chi connectivity index (χ0) is 20.6. The number of nitrogens with zero attached hydrogens (tertiary/aromatic N) is 4. The van der Waals surface area contributed by atoms with E-state index in [1.807, 2.05) is 26.0 Å². The van der Waals surface area contributed by atoms with Crippen molar-refractivity contribution in [1.29, 1.82) is 0 Å². The number of aromatic nitrogens is 4. The predicted molar refractivity (Wildman–Crippen MR) is 107 cm³/mol. The molecule has 29 heavy (non-hydrogen) atoms. The van der Waals surface area contributed by atoms with Crippen LogP contribution >= 0.6 is 0 Å². The molecule has 0 aliphatic carbocycles. The first-order valence-electron chi connectivity index (χ1n) is 9.64. The summed E-state index contributed by atoms with van der Waals surface area (Å²) in [5.74, 6) is 0.309. The number of rotatable bonds is 10. The predicted octanol–water partition coefficient (Wildman–Crippen LogP) is 2.46. The van der Waals surface area contributed by atoms with Crippen LogP contribution in [0, 0.1) is 5.82 Å². The number of amides is 1. The largest absolute Gasteiger partial charge is 0.379 e. The number of benzene rings is 1. The third-order valence-electron chi connectivity index (χ3n) is 4.16. The Morgan fingerprint density at radius 1 is 1.17 bits per heavy atom. The van der Waals surface area contributed by atoms with E-state index in [1.165, 1.54) is 12.1 Å². The van der Waals surface area contributed by atoms with Crippen LogP contribution in [0.4, 0.5) is 10.2 Å². The fourth-order valence-corrected chi connectivity index (χ4v) is 2.72. The van der Waals surface area contributed by atoms with Gasteiger partial charge in [-0.1, -0.05) is 12.1 Å². The van der Waals surface area contributed by atoms with Crippen molar-refractivity contribution in [3.63, 3.8) is 0 Å². The van der Waals surface area contributed by atoms with Gasteiger partial charge in [-0.2, -0.15) is 4.52 Å². The van der Waals surface area contributed by atoms with Crippen molar-refractivity contribution in [3.8, 4) is 0 Å². The number of ether oxygens (including phenoxy) is 1. The first-order chi connectivity index (χ1) is 14.0. The lowest BCUT2D eigenvalue weighted by molar-refractivity contribution is 0.0787. The van der Waals surface area contributed by atoms with Gasteiger partial charge in [0.05, 0.1) is 11.7 Å². The Hall–Kier alpha value is -3.07. The van der Waals surface area contributed by atoms with E-state index in [9.17, 15) is 9.18 Å². The van der Waals surface area contributed by atoms with Crippen LogP contribution in [0.25, 0.3) is 5.65 Å². The fourth-order valence-electron chi connectivity index (χ4n) is 2.72. The van der Waals surface area contributed by atoms with Gasteiger partial charge in [0.15, 0.2) is 11.5 Å². The minimum atomic E-state index is -0.547. The van der Waals surface area contributed by atoms with Gasteiger partial charge in [-0.3, -0.25) is 4.79 Å². The Bertz CT molecular complexity index is 959. The molecule has 0 atom stereocenters. The Balaban J connectivity index is 1.54. The molecular weight excluding hydrogens is 375 g/mol. The van der Waals surface area contributed by atoms with Crippen molar-refractivity contribution in [2.45, 2.75) is 32.8 Å². The second kappa shape index (κ2) is 9.92. The minimum absolute atomic E-state index is 0.0182. The Kier molecular flexibility index (Phi) is 7.07. The second-order valence-corrected chi connectivity index (χ2v) is 6.79. The van der Waals surface area contributed by atoms with E-state index in [2.05, 4.69) is 25.9 Å². The topological polar surface area (TPSA) is 93.4 Å². The van der Waals surface area contributed by atoms with Gasteiger partial charge < -0.3 is 15.4 Å². The lowest BCUT2D eigenvalue weighted by Crippen LogP contribution is -2.27. The molecule has 1 amide bonds.